The maximum absolute atomic E-state index is 6.00. The summed E-state index contributed by atoms with van der Waals surface area (Å²) in [4.78, 5) is 7.83. The maximum Gasteiger partial charge on any atom is 0.138 e. The molecule has 1 N–H and O–H groups in total. The van der Waals surface area contributed by atoms with Crippen molar-refractivity contribution in [2.75, 3.05) is 0 Å². The molecule has 0 fully saturated rings. The lowest BCUT2D eigenvalue weighted by Gasteiger charge is -1.93. The Bertz CT molecular complexity index is 676. The molecule has 0 atom stereocenters. The number of rotatable bonds is 1. The van der Waals surface area contributed by atoms with Gasteiger partial charge in [-0.15, -0.1) is 0 Å². The van der Waals surface area contributed by atoms with Crippen LogP contribution < -0.4 is 0 Å². The fourth-order valence-corrected chi connectivity index (χ4v) is 2.67. The molecule has 0 saturated carbocycles. The zero-order valence-corrected chi connectivity index (χ0v) is 11.1. The van der Waals surface area contributed by atoms with Gasteiger partial charge >= 0.3 is 0 Å². The minimum atomic E-state index is 0.688. The van der Waals surface area contributed by atoms with E-state index in [1.54, 1.807) is 0 Å². The van der Waals surface area contributed by atoms with Gasteiger partial charge in [-0.2, -0.15) is 0 Å². The van der Waals surface area contributed by atoms with Gasteiger partial charge in [0.05, 0.1) is 5.52 Å². The third-order valence-corrected chi connectivity index (χ3v) is 3.37. The molecule has 0 aliphatic rings. The zero-order valence-electron chi connectivity index (χ0n) is 8.74. The summed E-state index contributed by atoms with van der Waals surface area (Å²) in [6.45, 7) is 0. The topological polar surface area (TPSA) is 28.7 Å². The quantitative estimate of drug-likeness (QED) is 0.697. The Hall–Kier alpha value is -1.32. The van der Waals surface area contributed by atoms with Gasteiger partial charge in [0.15, 0.2) is 0 Å². The summed E-state index contributed by atoms with van der Waals surface area (Å²) in [7, 11) is 0. The predicted octanol–water partition coefficient (Wildman–Crippen LogP) is 4.65. The molecular weight excluding hydrogens is 300 g/mol. The standard InChI is InChI=1S/C13H8BrClN2/c14-10-6-9(15)7-11-12(10)17-13(16-11)8-4-2-1-3-5-8/h1-7H,(H,16,17). The van der Waals surface area contributed by atoms with Crippen LogP contribution >= 0.6 is 27.5 Å². The van der Waals surface area contributed by atoms with Crippen molar-refractivity contribution in [1.82, 2.24) is 9.97 Å². The number of aromatic nitrogens is 2. The molecule has 3 aromatic rings. The number of halogens is 2. The molecule has 0 saturated heterocycles. The van der Waals surface area contributed by atoms with E-state index in [4.69, 9.17) is 11.6 Å². The number of nitrogens with zero attached hydrogens (tertiary/aromatic N) is 1. The highest BCUT2D eigenvalue weighted by Crippen LogP contribution is 2.29. The Morgan fingerprint density at radius 3 is 2.65 bits per heavy atom. The molecule has 3 rings (SSSR count). The minimum Gasteiger partial charge on any atom is -0.338 e. The van der Waals surface area contributed by atoms with E-state index in [9.17, 15) is 0 Å². The van der Waals surface area contributed by atoms with Crippen molar-refractivity contribution < 1.29 is 0 Å². The molecule has 0 amide bonds. The van der Waals surface area contributed by atoms with E-state index in [2.05, 4.69) is 25.9 Å². The van der Waals surface area contributed by atoms with Crippen molar-refractivity contribution in [3.63, 3.8) is 0 Å². The fourth-order valence-electron chi connectivity index (χ4n) is 1.77. The van der Waals surface area contributed by atoms with Crippen LogP contribution in [0.4, 0.5) is 0 Å². The predicted molar refractivity (Wildman–Crippen MR) is 74.2 cm³/mol. The third kappa shape index (κ3) is 1.96. The van der Waals surface area contributed by atoms with E-state index in [0.29, 0.717) is 5.02 Å². The Morgan fingerprint density at radius 1 is 1.12 bits per heavy atom. The average molecular weight is 308 g/mol. The van der Waals surface area contributed by atoms with Gasteiger partial charge in [0.1, 0.15) is 11.3 Å². The molecule has 0 spiro atoms. The van der Waals surface area contributed by atoms with Crippen molar-refractivity contribution in [3.05, 3.63) is 52.0 Å². The summed E-state index contributed by atoms with van der Waals surface area (Å²) in [5, 5.41) is 0.688. The number of imidazole rings is 1. The van der Waals surface area contributed by atoms with E-state index in [1.807, 2.05) is 42.5 Å². The number of H-pyrrole nitrogens is 1. The summed E-state index contributed by atoms with van der Waals surface area (Å²) in [5.74, 6) is 0.851. The first kappa shape index (κ1) is 10.8. The zero-order chi connectivity index (χ0) is 11.8. The van der Waals surface area contributed by atoms with Gasteiger partial charge in [0, 0.05) is 15.1 Å². The van der Waals surface area contributed by atoms with Gasteiger partial charge in [0.2, 0.25) is 0 Å². The summed E-state index contributed by atoms with van der Waals surface area (Å²) in [6, 6.07) is 13.7. The fraction of sp³-hybridized carbons (Fsp3) is 0. The van der Waals surface area contributed by atoms with Gasteiger partial charge < -0.3 is 4.98 Å². The van der Waals surface area contributed by atoms with Crippen LogP contribution in [0.1, 0.15) is 0 Å². The summed E-state index contributed by atoms with van der Waals surface area (Å²) >= 11 is 9.47. The molecule has 1 aromatic heterocycles. The highest BCUT2D eigenvalue weighted by atomic mass is 79.9. The molecule has 0 bridgehead atoms. The van der Waals surface area contributed by atoms with E-state index in [-0.39, 0.29) is 0 Å². The van der Waals surface area contributed by atoms with Gasteiger partial charge in [0.25, 0.3) is 0 Å². The normalized spacial score (nSPS) is 10.9. The van der Waals surface area contributed by atoms with Crippen LogP contribution in [0.15, 0.2) is 46.9 Å². The van der Waals surface area contributed by atoms with Crippen LogP contribution in [0.2, 0.25) is 5.02 Å². The van der Waals surface area contributed by atoms with Crippen LogP contribution in [0.5, 0.6) is 0 Å². The van der Waals surface area contributed by atoms with E-state index in [0.717, 1.165) is 26.9 Å². The molecule has 4 heteroatoms. The minimum absolute atomic E-state index is 0.688. The molecule has 17 heavy (non-hydrogen) atoms. The van der Waals surface area contributed by atoms with E-state index < -0.39 is 0 Å². The first-order chi connectivity index (χ1) is 8.24. The van der Waals surface area contributed by atoms with Crippen LogP contribution in [0, 0.1) is 0 Å². The van der Waals surface area contributed by atoms with E-state index in [1.165, 1.54) is 0 Å². The Kier molecular flexibility index (Phi) is 2.65. The van der Waals surface area contributed by atoms with Crippen molar-refractivity contribution in [2.45, 2.75) is 0 Å². The third-order valence-electron chi connectivity index (χ3n) is 2.55. The number of fused-ring (bicyclic) bond motifs is 1. The summed E-state index contributed by atoms with van der Waals surface area (Å²) in [6.07, 6.45) is 0. The molecule has 0 unspecified atom stereocenters. The molecular formula is C13H8BrClN2. The number of nitrogens with one attached hydrogen (secondary N) is 1. The first-order valence-electron chi connectivity index (χ1n) is 5.14. The second-order valence-electron chi connectivity index (χ2n) is 3.74. The lowest BCUT2D eigenvalue weighted by molar-refractivity contribution is 1.33. The lowest BCUT2D eigenvalue weighted by atomic mass is 10.2. The molecule has 1 heterocycles. The number of hydrogen-bond donors (Lipinski definition) is 1. The highest BCUT2D eigenvalue weighted by molar-refractivity contribution is 9.10. The SMILES string of the molecule is Clc1cc(Br)c2nc(-c3ccccc3)[nH]c2c1. The maximum atomic E-state index is 6.00. The van der Waals surface area contributed by atoms with Gasteiger partial charge in [-0.25, -0.2) is 4.98 Å². The first-order valence-corrected chi connectivity index (χ1v) is 6.31. The number of aromatic amines is 1. The van der Waals surface area contributed by atoms with Crippen LogP contribution in [-0.4, -0.2) is 9.97 Å². The van der Waals surface area contributed by atoms with Crippen molar-refractivity contribution in [3.8, 4) is 11.4 Å². The van der Waals surface area contributed by atoms with Gasteiger partial charge in [-0.3, -0.25) is 0 Å². The number of hydrogen-bond acceptors (Lipinski definition) is 1. The van der Waals surface area contributed by atoms with E-state index >= 15 is 0 Å². The Morgan fingerprint density at radius 2 is 1.88 bits per heavy atom. The molecule has 0 radical (unpaired) electrons. The molecule has 2 aromatic carbocycles. The smallest absolute Gasteiger partial charge is 0.138 e. The molecule has 2 nitrogen and oxygen atoms in total. The van der Waals surface area contributed by atoms with Gasteiger partial charge in [-0.1, -0.05) is 41.9 Å². The van der Waals surface area contributed by atoms with Crippen molar-refractivity contribution in [1.29, 1.82) is 0 Å². The van der Waals surface area contributed by atoms with Gasteiger partial charge in [-0.05, 0) is 28.1 Å². The summed E-state index contributed by atoms with van der Waals surface area (Å²) < 4.78 is 0.901. The van der Waals surface area contributed by atoms with Crippen LogP contribution in [0.3, 0.4) is 0 Å². The molecule has 0 aliphatic heterocycles. The Labute approximate surface area is 112 Å². The second kappa shape index (κ2) is 4.17. The average Bonchev–Trinajstić information content (AvgIpc) is 2.74. The molecule has 0 aliphatic carbocycles. The summed E-state index contributed by atoms with van der Waals surface area (Å²) in [5.41, 5.74) is 2.89. The van der Waals surface area contributed by atoms with Crippen LogP contribution in [0.25, 0.3) is 22.4 Å². The largest absolute Gasteiger partial charge is 0.338 e. The highest BCUT2D eigenvalue weighted by Gasteiger charge is 2.08. The molecule has 84 valence electrons. The monoisotopic (exact) mass is 306 g/mol. The van der Waals surface area contributed by atoms with Crippen molar-refractivity contribution in [2.24, 2.45) is 0 Å². The van der Waals surface area contributed by atoms with Crippen molar-refractivity contribution >= 4 is 38.6 Å². The second-order valence-corrected chi connectivity index (χ2v) is 5.03. The Balaban J connectivity index is 2.24. The lowest BCUT2D eigenvalue weighted by Crippen LogP contribution is -1.77. The number of benzene rings is 2. The van der Waals surface area contributed by atoms with Crippen LogP contribution in [-0.2, 0) is 0 Å².